The third kappa shape index (κ3) is 4.50. The van der Waals surface area contributed by atoms with E-state index < -0.39 is 12.0 Å². The quantitative estimate of drug-likeness (QED) is 0.536. The molecule has 1 aromatic rings. The zero-order valence-corrected chi connectivity index (χ0v) is 8.39. The maximum Gasteiger partial charge on any atom is 0.320 e. The number of aryl methyl sites for hydroxylation is 1. The first-order valence-corrected chi connectivity index (χ1v) is 4.91. The number of tetrazole rings is 1. The highest BCUT2D eigenvalue weighted by Gasteiger charge is 2.09. The predicted octanol–water partition coefficient (Wildman–Crippen LogP) is -0.286. The summed E-state index contributed by atoms with van der Waals surface area (Å²) in [5.41, 5.74) is 5.35. The van der Waals surface area contributed by atoms with Crippen molar-refractivity contribution in [1.82, 2.24) is 20.6 Å². The van der Waals surface area contributed by atoms with Gasteiger partial charge in [0.25, 0.3) is 0 Å². The lowest BCUT2D eigenvalue weighted by Crippen LogP contribution is -2.29. The number of aromatic amines is 1. The highest BCUT2D eigenvalue weighted by atomic mass is 16.4. The lowest BCUT2D eigenvalue weighted by atomic mass is 10.1. The van der Waals surface area contributed by atoms with Crippen molar-refractivity contribution < 1.29 is 9.90 Å². The van der Waals surface area contributed by atoms with E-state index in [1.165, 1.54) is 0 Å². The van der Waals surface area contributed by atoms with Crippen LogP contribution < -0.4 is 5.73 Å². The standard InChI is InChI=1S/C8H15N5O2/c9-6(8(14)15)4-2-1-3-5-7-10-12-13-11-7/h6H,1-5,9H2,(H,14,15)(H,10,11,12,13). The van der Waals surface area contributed by atoms with Crippen LogP contribution in [0.3, 0.4) is 0 Å². The third-order valence-electron chi connectivity index (χ3n) is 2.12. The van der Waals surface area contributed by atoms with Gasteiger partial charge in [-0.1, -0.05) is 18.1 Å². The number of nitrogens with zero attached hydrogens (tertiary/aromatic N) is 3. The van der Waals surface area contributed by atoms with E-state index in [0.717, 1.165) is 25.7 Å². The predicted molar refractivity (Wildman–Crippen MR) is 52.0 cm³/mol. The molecule has 0 aliphatic carbocycles. The molecule has 7 heteroatoms. The Labute approximate surface area is 87.1 Å². The highest BCUT2D eigenvalue weighted by Crippen LogP contribution is 2.05. The fourth-order valence-corrected chi connectivity index (χ4v) is 1.24. The Morgan fingerprint density at radius 1 is 1.47 bits per heavy atom. The zero-order valence-electron chi connectivity index (χ0n) is 8.39. The summed E-state index contributed by atoms with van der Waals surface area (Å²) in [6.45, 7) is 0. The average molecular weight is 213 g/mol. The average Bonchev–Trinajstić information content (AvgIpc) is 2.69. The number of carbonyl (C=O) groups is 1. The Balaban J connectivity index is 2.00. The van der Waals surface area contributed by atoms with Gasteiger partial charge in [-0.3, -0.25) is 4.79 Å². The van der Waals surface area contributed by atoms with E-state index in [1.807, 2.05) is 0 Å². The van der Waals surface area contributed by atoms with Crippen molar-refractivity contribution in [2.24, 2.45) is 5.73 Å². The molecule has 0 saturated heterocycles. The number of carboxylic acids is 1. The van der Waals surface area contributed by atoms with Gasteiger partial charge in [-0.2, -0.15) is 5.21 Å². The molecular formula is C8H15N5O2. The summed E-state index contributed by atoms with van der Waals surface area (Å²) >= 11 is 0. The largest absolute Gasteiger partial charge is 0.480 e. The number of aliphatic carboxylic acids is 1. The van der Waals surface area contributed by atoms with Crippen LogP contribution in [0.4, 0.5) is 0 Å². The number of hydrogen-bond acceptors (Lipinski definition) is 5. The molecule has 0 spiro atoms. The molecule has 0 aromatic carbocycles. The number of hydrogen-bond donors (Lipinski definition) is 3. The minimum absolute atomic E-state index is 0.515. The lowest BCUT2D eigenvalue weighted by Gasteiger charge is -2.04. The molecule has 0 radical (unpaired) electrons. The van der Waals surface area contributed by atoms with Crippen molar-refractivity contribution in [3.8, 4) is 0 Å². The number of carboxylic acid groups (broad SMARTS) is 1. The van der Waals surface area contributed by atoms with Crippen molar-refractivity contribution in [2.45, 2.75) is 38.1 Å². The van der Waals surface area contributed by atoms with Crippen LogP contribution in [0.15, 0.2) is 0 Å². The van der Waals surface area contributed by atoms with Crippen LogP contribution in [-0.4, -0.2) is 37.7 Å². The molecular weight excluding hydrogens is 198 g/mol. The maximum atomic E-state index is 10.4. The Morgan fingerprint density at radius 2 is 2.27 bits per heavy atom. The van der Waals surface area contributed by atoms with E-state index in [9.17, 15) is 4.79 Å². The number of nitrogens with two attached hydrogens (primary N) is 1. The molecule has 1 heterocycles. The van der Waals surface area contributed by atoms with Gasteiger partial charge >= 0.3 is 5.97 Å². The molecule has 15 heavy (non-hydrogen) atoms. The van der Waals surface area contributed by atoms with Crippen molar-refractivity contribution in [3.05, 3.63) is 5.82 Å². The van der Waals surface area contributed by atoms with Crippen LogP contribution in [0, 0.1) is 0 Å². The Kier molecular flexibility index (Phi) is 4.69. The molecule has 0 aliphatic rings. The van der Waals surface area contributed by atoms with E-state index >= 15 is 0 Å². The maximum absolute atomic E-state index is 10.4. The summed E-state index contributed by atoms with van der Waals surface area (Å²) in [5, 5.41) is 22.0. The Hall–Kier alpha value is -1.50. The first-order chi connectivity index (χ1) is 7.20. The topological polar surface area (TPSA) is 118 Å². The Morgan fingerprint density at radius 3 is 2.87 bits per heavy atom. The van der Waals surface area contributed by atoms with Gasteiger partial charge in [0.05, 0.1) is 0 Å². The summed E-state index contributed by atoms with van der Waals surface area (Å²) in [7, 11) is 0. The lowest BCUT2D eigenvalue weighted by molar-refractivity contribution is -0.138. The molecule has 7 nitrogen and oxygen atoms in total. The Bertz CT molecular complexity index is 287. The van der Waals surface area contributed by atoms with Gasteiger partial charge in [0.15, 0.2) is 5.82 Å². The smallest absolute Gasteiger partial charge is 0.320 e. The van der Waals surface area contributed by atoms with Gasteiger partial charge in [0.1, 0.15) is 6.04 Å². The second-order valence-corrected chi connectivity index (χ2v) is 3.37. The van der Waals surface area contributed by atoms with E-state index in [4.69, 9.17) is 10.8 Å². The first kappa shape index (κ1) is 11.6. The number of rotatable bonds is 7. The van der Waals surface area contributed by atoms with Gasteiger partial charge in [-0.25, -0.2) is 0 Å². The van der Waals surface area contributed by atoms with Gasteiger partial charge in [-0.05, 0) is 12.8 Å². The van der Waals surface area contributed by atoms with Crippen molar-refractivity contribution in [2.75, 3.05) is 0 Å². The SMILES string of the molecule is NC(CCCCCc1nn[nH]n1)C(=O)O. The minimum atomic E-state index is -0.937. The summed E-state index contributed by atoms with van der Waals surface area (Å²) in [6, 6.07) is -0.741. The summed E-state index contributed by atoms with van der Waals surface area (Å²) in [6.07, 6.45) is 3.94. The van der Waals surface area contributed by atoms with Crippen molar-refractivity contribution >= 4 is 5.97 Å². The van der Waals surface area contributed by atoms with E-state index in [0.29, 0.717) is 12.2 Å². The highest BCUT2D eigenvalue weighted by molar-refractivity contribution is 5.72. The molecule has 1 rings (SSSR count). The number of aromatic nitrogens is 4. The molecule has 0 amide bonds. The first-order valence-electron chi connectivity index (χ1n) is 4.91. The number of unbranched alkanes of at least 4 members (excludes halogenated alkanes) is 2. The molecule has 84 valence electrons. The molecule has 4 N–H and O–H groups in total. The molecule has 1 aromatic heterocycles. The normalized spacial score (nSPS) is 12.6. The molecule has 0 aliphatic heterocycles. The van der Waals surface area contributed by atoms with Crippen LogP contribution in [0.1, 0.15) is 31.5 Å². The van der Waals surface area contributed by atoms with E-state index in [1.54, 1.807) is 0 Å². The van der Waals surface area contributed by atoms with Crippen LogP contribution >= 0.6 is 0 Å². The fourth-order valence-electron chi connectivity index (χ4n) is 1.24. The second-order valence-electron chi connectivity index (χ2n) is 3.37. The molecule has 1 unspecified atom stereocenters. The minimum Gasteiger partial charge on any atom is -0.480 e. The van der Waals surface area contributed by atoms with Gasteiger partial charge in [0.2, 0.25) is 0 Å². The molecule has 0 saturated carbocycles. The summed E-state index contributed by atoms with van der Waals surface area (Å²) < 4.78 is 0. The summed E-state index contributed by atoms with van der Waals surface area (Å²) in [5.74, 6) is -0.245. The van der Waals surface area contributed by atoms with E-state index in [2.05, 4.69) is 20.6 Å². The van der Waals surface area contributed by atoms with Crippen LogP contribution in [0.25, 0.3) is 0 Å². The van der Waals surface area contributed by atoms with Crippen LogP contribution in [-0.2, 0) is 11.2 Å². The third-order valence-corrected chi connectivity index (χ3v) is 2.12. The van der Waals surface area contributed by atoms with Crippen LogP contribution in [0.5, 0.6) is 0 Å². The number of nitrogens with one attached hydrogen (secondary N) is 1. The summed E-state index contributed by atoms with van der Waals surface area (Å²) in [4.78, 5) is 10.4. The second kappa shape index (κ2) is 6.07. The fraction of sp³-hybridized carbons (Fsp3) is 0.750. The molecule has 1 atom stereocenters. The zero-order chi connectivity index (χ0) is 11.1. The van der Waals surface area contributed by atoms with E-state index in [-0.39, 0.29) is 0 Å². The number of H-pyrrole nitrogens is 1. The molecule has 0 fully saturated rings. The monoisotopic (exact) mass is 213 g/mol. The van der Waals surface area contributed by atoms with Crippen LogP contribution in [0.2, 0.25) is 0 Å². The van der Waals surface area contributed by atoms with Crippen molar-refractivity contribution in [1.29, 1.82) is 0 Å². The van der Waals surface area contributed by atoms with Gasteiger partial charge in [0, 0.05) is 6.42 Å². The van der Waals surface area contributed by atoms with Gasteiger partial charge < -0.3 is 10.8 Å². The van der Waals surface area contributed by atoms with Gasteiger partial charge in [-0.15, -0.1) is 10.2 Å². The van der Waals surface area contributed by atoms with Crippen molar-refractivity contribution in [3.63, 3.8) is 0 Å². The molecule has 0 bridgehead atoms.